The third-order valence-electron chi connectivity index (χ3n) is 4.09. The molecular formula is C14H13BrN2O3. The number of amides is 4. The van der Waals surface area contributed by atoms with Crippen LogP contribution in [0.25, 0.3) is 0 Å². The largest absolute Gasteiger partial charge is 0.335 e. The molecule has 0 bridgehead atoms. The van der Waals surface area contributed by atoms with Crippen molar-refractivity contribution in [3.63, 3.8) is 0 Å². The van der Waals surface area contributed by atoms with E-state index in [2.05, 4.69) is 21.2 Å². The minimum absolute atomic E-state index is 0.404. The van der Waals surface area contributed by atoms with Crippen LogP contribution in [0.1, 0.15) is 24.8 Å². The molecule has 4 amide bonds. The fourth-order valence-electron chi connectivity index (χ4n) is 2.69. The summed E-state index contributed by atoms with van der Waals surface area (Å²) in [5, 5.41) is 2.31. The van der Waals surface area contributed by atoms with E-state index in [1.807, 2.05) is 19.1 Å². The summed E-state index contributed by atoms with van der Waals surface area (Å²) in [5.41, 5.74) is 0.282. The number of carbonyl (C=O) groups excluding carboxylic acids is 3. The Morgan fingerprint density at radius 3 is 2.55 bits per heavy atom. The molecule has 0 radical (unpaired) electrons. The molecule has 1 N–H and O–H groups in total. The first kappa shape index (κ1) is 13.3. The zero-order chi connectivity index (χ0) is 14.5. The number of hydrogen-bond donors (Lipinski definition) is 1. The van der Waals surface area contributed by atoms with E-state index in [4.69, 9.17) is 0 Å². The number of rotatable bonds is 1. The molecule has 1 saturated carbocycles. The highest BCUT2D eigenvalue weighted by atomic mass is 79.9. The van der Waals surface area contributed by atoms with Crippen molar-refractivity contribution in [2.45, 2.75) is 26.2 Å². The molecular weight excluding hydrogens is 324 g/mol. The molecule has 104 valence electrons. The van der Waals surface area contributed by atoms with Crippen LogP contribution in [0.3, 0.4) is 0 Å². The van der Waals surface area contributed by atoms with Gasteiger partial charge in [-0.25, -0.2) is 9.69 Å². The number of urea groups is 1. The summed E-state index contributed by atoms with van der Waals surface area (Å²) in [7, 11) is 0. The lowest BCUT2D eigenvalue weighted by atomic mass is 9.66. The molecule has 20 heavy (non-hydrogen) atoms. The van der Waals surface area contributed by atoms with Gasteiger partial charge in [-0.3, -0.25) is 14.9 Å². The summed E-state index contributed by atoms with van der Waals surface area (Å²) in [6.45, 7) is 1.83. The van der Waals surface area contributed by atoms with E-state index in [0.717, 1.165) is 21.4 Å². The average molecular weight is 337 g/mol. The third kappa shape index (κ3) is 1.71. The van der Waals surface area contributed by atoms with Crippen molar-refractivity contribution in [3.05, 3.63) is 28.2 Å². The topological polar surface area (TPSA) is 66.5 Å². The SMILES string of the molecule is Cc1ccc(Br)cc1N1C(=O)NC(=O)C2(CCC2)C1=O. The van der Waals surface area contributed by atoms with Crippen molar-refractivity contribution in [1.82, 2.24) is 5.32 Å². The standard InChI is InChI=1S/C14H13BrN2O3/c1-8-3-4-9(15)7-10(8)17-12(19)14(5-2-6-14)11(18)16-13(17)20/h3-4,7H,2,5-6H2,1H3,(H,16,18,20). The molecule has 1 saturated heterocycles. The first-order valence-corrected chi connectivity index (χ1v) is 7.21. The van der Waals surface area contributed by atoms with Crippen LogP contribution in [-0.4, -0.2) is 17.8 Å². The Kier molecular flexibility index (Phi) is 2.93. The number of imide groups is 2. The summed E-state index contributed by atoms with van der Waals surface area (Å²) in [5.74, 6) is -0.860. The van der Waals surface area contributed by atoms with E-state index < -0.39 is 23.3 Å². The lowest BCUT2D eigenvalue weighted by Crippen LogP contribution is -2.66. The number of halogens is 1. The van der Waals surface area contributed by atoms with Gasteiger partial charge in [0.05, 0.1) is 5.69 Å². The van der Waals surface area contributed by atoms with Crippen molar-refractivity contribution in [2.24, 2.45) is 5.41 Å². The molecule has 5 nitrogen and oxygen atoms in total. The number of barbiturate groups is 1. The second-order valence-electron chi connectivity index (χ2n) is 5.27. The molecule has 1 aliphatic heterocycles. The highest BCUT2D eigenvalue weighted by Gasteiger charge is 2.57. The molecule has 2 fully saturated rings. The van der Waals surface area contributed by atoms with Gasteiger partial charge in [-0.05, 0) is 37.5 Å². The Hall–Kier alpha value is -1.69. The van der Waals surface area contributed by atoms with Gasteiger partial charge in [-0.1, -0.05) is 28.4 Å². The second-order valence-corrected chi connectivity index (χ2v) is 6.18. The van der Waals surface area contributed by atoms with Crippen molar-refractivity contribution in [1.29, 1.82) is 0 Å². The van der Waals surface area contributed by atoms with E-state index in [1.165, 1.54) is 0 Å². The van der Waals surface area contributed by atoms with Gasteiger partial charge in [0.25, 0.3) is 5.91 Å². The molecule has 6 heteroatoms. The van der Waals surface area contributed by atoms with Gasteiger partial charge >= 0.3 is 6.03 Å². The average Bonchev–Trinajstić information content (AvgIpc) is 2.31. The van der Waals surface area contributed by atoms with E-state index in [0.29, 0.717) is 18.5 Å². The van der Waals surface area contributed by atoms with Crippen LogP contribution < -0.4 is 10.2 Å². The maximum absolute atomic E-state index is 12.6. The maximum atomic E-state index is 12.6. The number of benzene rings is 1. The van der Waals surface area contributed by atoms with Gasteiger partial charge in [0.2, 0.25) is 5.91 Å². The molecule has 1 aliphatic carbocycles. The zero-order valence-corrected chi connectivity index (χ0v) is 12.5. The molecule has 0 unspecified atom stereocenters. The predicted molar refractivity (Wildman–Crippen MR) is 76.2 cm³/mol. The molecule has 1 heterocycles. The third-order valence-corrected chi connectivity index (χ3v) is 4.58. The van der Waals surface area contributed by atoms with Crippen LogP contribution in [0, 0.1) is 12.3 Å². The lowest BCUT2D eigenvalue weighted by molar-refractivity contribution is -0.148. The van der Waals surface area contributed by atoms with Crippen molar-refractivity contribution < 1.29 is 14.4 Å². The number of anilines is 1. The summed E-state index contributed by atoms with van der Waals surface area (Å²) >= 11 is 3.34. The van der Waals surface area contributed by atoms with Gasteiger partial charge in [-0.2, -0.15) is 0 Å². The summed E-state index contributed by atoms with van der Waals surface area (Å²) in [6.07, 6.45) is 1.85. The van der Waals surface area contributed by atoms with Gasteiger partial charge in [0, 0.05) is 4.47 Å². The fraction of sp³-hybridized carbons (Fsp3) is 0.357. The molecule has 1 aromatic rings. The van der Waals surface area contributed by atoms with Crippen molar-refractivity contribution >= 4 is 39.5 Å². The van der Waals surface area contributed by atoms with E-state index in [9.17, 15) is 14.4 Å². The normalized spacial score (nSPS) is 20.9. The van der Waals surface area contributed by atoms with Crippen LogP contribution in [0.15, 0.2) is 22.7 Å². The molecule has 3 rings (SSSR count). The Bertz CT molecular complexity index is 637. The lowest BCUT2D eigenvalue weighted by Gasteiger charge is -2.44. The van der Waals surface area contributed by atoms with Gasteiger partial charge in [0.1, 0.15) is 5.41 Å². The van der Waals surface area contributed by atoms with Crippen LogP contribution in [0.2, 0.25) is 0 Å². The summed E-state index contributed by atoms with van der Waals surface area (Å²) in [6, 6.07) is 4.72. The molecule has 1 spiro atoms. The van der Waals surface area contributed by atoms with E-state index >= 15 is 0 Å². The number of hydrogen-bond acceptors (Lipinski definition) is 3. The first-order valence-electron chi connectivity index (χ1n) is 6.42. The quantitative estimate of drug-likeness (QED) is 0.801. The van der Waals surface area contributed by atoms with Crippen LogP contribution in [0.5, 0.6) is 0 Å². The van der Waals surface area contributed by atoms with Gasteiger partial charge in [0.15, 0.2) is 0 Å². The molecule has 1 aromatic carbocycles. The minimum atomic E-state index is -1.04. The first-order chi connectivity index (χ1) is 9.45. The van der Waals surface area contributed by atoms with Crippen molar-refractivity contribution in [2.75, 3.05) is 4.90 Å². The number of aryl methyl sites for hydroxylation is 1. The van der Waals surface area contributed by atoms with Crippen LogP contribution in [0.4, 0.5) is 10.5 Å². The smallest absolute Gasteiger partial charge is 0.276 e. The Labute approximate surface area is 124 Å². The molecule has 2 aliphatic rings. The van der Waals surface area contributed by atoms with E-state index in [-0.39, 0.29) is 0 Å². The Morgan fingerprint density at radius 1 is 1.25 bits per heavy atom. The summed E-state index contributed by atoms with van der Waals surface area (Å²) in [4.78, 5) is 37.8. The maximum Gasteiger partial charge on any atom is 0.335 e. The van der Waals surface area contributed by atoms with Gasteiger partial charge in [-0.15, -0.1) is 0 Å². The summed E-state index contributed by atoms with van der Waals surface area (Å²) < 4.78 is 0.776. The minimum Gasteiger partial charge on any atom is -0.276 e. The van der Waals surface area contributed by atoms with E-state index in [1.54, 1.807) is 6.07 Å². The van der Waals surface area contributed by atoms with Crippen LogP contribution >= 0.6 is 15.9 Å². The highest BCUT2D eigenvalue weighted by Crippen LogP contribution is 2.45. The van der Waals surface area contributed by atoms with Crippen LogP contribution in [-0.2, 0) is 9.59 Å². The van der Waals surface area contributed by atoms with Gasteiger partial charge < -0.3 is 0 Å². The van der Waals surface area contributed by atoms with Crippen molar-refractivity contribution in [3.8, 4) is 0 Å². The fourth-order valence-corrected chi connectivity index (χ4v) is 3.04. The highest BCUT2D eigenvalue weighted by molar-refractivity contribution is 9.10. The number of nitrogens with zero attached hydrogens (tertiary/aromatic N) is 1. The molecule has 0 atom stereocenters. The number of nitrogens with one attached hydrogen (secondary N) is 1. The zero-order valence-electron chi connectivity index (χ0n) is 10.9. The predicted octanol–water partition coefficient (Wildman–Crippen LogP) is 2.51. The molecule has 0 aromatic heterocycles. The second kappa shape index (κ2) is 4.41. The number of carbonyl (C=O) groups is 3. The monoisotopic (exact) mass is 336 g/mol. The Morgan fingerprint density at radius 2 is 1.95 bits per heavy atom. The Balaban J connectivity index is 2.08.